The van der Waals surface area contributed by atoms with E-state index in [1.54, 1.807) is 55.3 Å². The van der Waals surface area contributed by atoms with E-state index in [4.69, 9.17) is 0 Å². The van der Waals surface area contributed by atoms with E-state index in [2.05, 4.69) is 25.6 Å². The van der Waals surface area contributed by atoms with Gasteiger partial charge in [0.15, 0.2) is 0 Å². The number of pyridine rings is 2. The Morgan fingerprint density at radius 3 is 2.65 bits per heavy atom. The zero-order chi connectivity index (χ0) is 22.0. The quantitative estimate of drug-likeness (QED) is 0.373. The lowest BCUT2D eigenvalue weighted by molar-refractivity contribution is -0.384. The number of nitro benzene ring substituents is 1. The van der Waals surface area contributed by atoms with Crippen LogP contribution in [0.15, 0.2) is 61.1 Å². The number of hydrogen-bond donors (Lipinski definition) is 1. The third kappa shape index (κ3) is 3.95. The van der Waals surface area contributed by atoms with Crippen molar-refractivity contribution in [3.05, 3.63) is 93.9 Å². The highest BCUT2D eigenvalue weighted by molar-refractivity contribution is 5.74. The molecular weight excluding hydrogens is 401 g/mol. The summed E-state index contributed by atoms with van der Waals surface area (Å²) in [6, 6.07) is 10.1. The maximum Gasteiger partial charge on any atom is 0.292 e. The topological polar surface area (TPSA) is 112 Å². The molecule has 0 aliphatic rings. The average molecular weight is 419 g/mol. The van der Waals surface area contributed by atoms with E-state index in [0.29, 0.717) is 16.8 Å². The van der Waals surface area contributed by atoms with E-state index in [0.717, 1.165) is 5.69 Å². The molecular formula is C21H18FN7O2. The number of nitrogens with zero attached hydrogens (tertiary/aromatic N) is 6. The van der Waals surface area contributed by atoms with Gasteiger partial charge in [0.05, 0.1) is 22.4 Å². The van der Waals surface area contributed by atoms with Gasteiger partial charge in [0, 0.05) is 37.3 Å². The van der Waals surface area contributed by atoms with Crippen LogP contribution in [0.1, 0.15) is 23.0 Å². The van der Waals surface area contributed by atoms with Gasteiger partial charge in [0.1, 0.15) is 17.2 Å². The van der Waals surface area contributed by atoms with Crippen LogP contribution in [0.4, 0.5) is 15.8 Å². The fourth-order valence-electron chi connectivity index (χ4n) is 3.44. The van der Waals surface area contributed by atoms with Gasteiger partial charge in [-0.2, -0.15) is 0 Å². The summed E-state index contributed by atoms with van der Waals surface area (Å²) in [6.07, 6.45) is 4.63. The van der Waals surface area contributed by atoms with Gasteiger partial charge >= 0.3 is 0 Å². The molecule has 3 heterocycles. The highest BCUT2D eigenvalue weighted by Gasteiger charge is 2.24. The van der Waals surface area contributed by atoms with Gasteiger partial charge in [0.25, 0.3) is 5.69 Å². The summed E-state index contributed by atoms with van der Waals surface area (Å²) in [7, 11) is 1.74. The second kappa shape index (κ2) is 8.27. The molecule has 3 aromatic heterocycles. The fraction of sp³-hybridized carbons (Fsp3) is 0.143. The van der Waals surface area contributed by atoms with E-state index >= 15 is 0 Å². The Morgan fingerprint density at radius 2 is 2.00 bits per heavy atom. The molecule has 156 valence electrons. The van der Waals surface area contributed by atoms with Crippen LogP contribution in [-0.2, 0) is 7.05 Å². The smallest absolute Gasteiger partial charge is 0.292 e. The Labute approximate surface area is 176 Å². The average Bonchev–Trinajstić information content (AvgIpc) is 3.11. The molecule has 10 heteroatoms. The summed E-state index contributed by atoms with van der Waals surface area (Å²) in [6.45, 7) is 1.80. The van der Waals surface area contributed by atoms with E-state index in [1.165, 1.54) is 24.4 Å². The number of aromatic nitrogens is 5. The lowest BCUT2D eigenvalue weighted by Crippen LogP contribution is -2.16. The first kappa shape index (κ1) is 20.1. The molecule has 1 aromatic carbocycles. The first-order valence-corrected chi connectivity index (χ1v) is 9.37. The van der Waals surface area contributed by atoms with Crippen molar-refractivity contribution in [3.63, 3.8) is 0 Å². The maximum atomic E-state index is 14.6. The largest absolute Gasteiger partial charge is 0.367 e. The van der Waals surface area contributed by atoms with Gasteiger partial charge in [-0.15, -0.1) is 5.10 Å². The van der Waals surface area contributed by atoms with Gasteiger partial charge < -0.3 is 5.32 Å². The van der Waals surface area contributed by atoms with Crippen molar-refractivity contribution in [1.82, 2.24) is 25.0 Å². The maximum absolute atomic E-state index is 14.6. The van der Waals surface area contributed by atoms with Crippen molar-refractivity contribution >= 4 is 11.4 Å². The lowest BCUT2D eigenvalue weighted by Gasteiger charge is -2.20. The van der Waals surface area contributed by atoms with Crippen molar-refractivity contribution in [3.8, 4) is 11.3 Å². The standard InChI is InChI=1S/C21H18FN7O2/c1-13-21(28(2)27-26-13)14-7-8-18(29(30)31)17(11-14)25-19(15-5-3-9-23-12-15)20-16(22)6-4-10-24-20/h3-12,19,25H,1-2H3. The zero-order valence-electron chi connectivity index (χ0n) is 16.7. The Bertz CT molecular complexity index is 1220. The van der Waals surface area contributed by atoms with Gasteiger partial charge in [-0.05, 0) is 42.8 Å². The number of benzene rings is 1. The van der Waals surface area contributed by atoms with Gasteiger partial charge in [-0.25, -0.2) is 9.07 Å². The number of hydrogen-bond acceptors (Lipinski definition) is 7. The normalized spacial score (nSPS) is 11.8. The highest BCUT2D eigenvalue weighted by Crippen LogP contribution is 2.35. The summed E-state index contributed by atoms with van der Waals surface area (Å²) in [5, 5.41) is 22.8. The van der Waals surface area contributed by atoms with Gasteiger partial charge in [0.2, 0.25) is 0 Å². The van der Waals surface area contributed by atoms with E-state index in [9.17, 15) is 14.5 Å². The predicted molar refractivity (Wildman–Crippen MR) is 112 cm³/mol. The third-order valence-electron chi connectivity index (χ3n) is 4.84. The molecule has 0 aliphatic carbocycles. The van der Waals surface area contributed by atoms with Gasteiger partial charge in [-0.3, -0.25) is 20.1 Å². The molecule has 0 saturated heterocycles. The summed E-state index contributed by atoms with van der Waals surface area (Å²) >= 11 is 0. The minimum atomic E-state index is -0.797. The molecule has 9 nitrogen and oxygen atoms in total. The van der Waals surface area contributed by atoms with Crippen molar-refractivity contribution < 1.29 is 9.31 Å². The molecule has 1 N–H and O–H groups in total. The zero-order valence-corrected chi connectivity index (χ0v) is 16.7. The molecule has 0 aliphatic heterocycles. The number of nitro groups is 1. The minimum absolute atomic E-state index is 0.105. The molecule has 0 spiro atoms. The molecule has 0 amide bonds. The van der Waals surface area contributed by atoms with Crippen LogP contribution in [0.3, 0.4) is 0 Å². The van der Waals surface area contributed by atoms with E-state index in [-0.39, 0.29) is 17.1 Å². The van der Waals surface area contributed by atoms with Crippen LogP contribution < -0.4 is 5.32 Å². The molecule has 1 atom stereocenters. The Balaban J connectivity index is 1.85. The van der Waals surface area contributed by atoms with Crippen LogP contribution in [0.5, 0.6) is 0 Å². The minimum Gasteiger partial charge on any atom is -0.367 e. The van der Waals surface area contributed by atoms with Gasteiger partial charge in [-0.1, -0.05) is 11.3 Å². The molecule has 1 unspecified atom stereocenters. The number of aryl methyl sites for hydroxylation is 2. The molecule has 0 bridgehead atoms. The van der Waals surface area contributed by atoms with Crippen LogP contribution in [-0.4, -0.2) is 29.9 Å². The Kier molecular flexibility index (Phi) is 5.35. The van der Waals surface area contributed by atoms with Crippen LogP contribution in [0.25, 0.3) is 11.3 Å². The summed E-state index contributed by atoms with van der Waals surface area (Å²) < 4.78 is 16.2. The highest BCUT2D eigenvalue weighted by atomic mass is 19.1. The first-order chi connectivity index (χ1) is 15.0. The SMILES string of the molecule is Cc1nnn(C)c1-c1ccc([N+](=O)[O-])c(NC(c2cccnc2)c2ncccc2F)c1. The van der Waals surface area contributed by atoms with Crippen LogP contribution in [0.2, 0.25) is 0 Å². The second-order valence-corrected chi connectivity index (χ2v) is 6.87. The second-order valence-electron chi connectivity index (χ2n) is 6.87. The molecule has 0 fully saturated rings. The van der Waals surface area contributed by atoms with E-state index < -0.39 is 16.8 Å². The predicted octanol–water partition coefficient (Wildman–Crippen LogP) is 3.83. The third-order valence-corrected chi connectivity index (χ3v) is 4.84. The number of halogens is 1. The summed E-state index contributed by atoms with van der Waals surface area (Å²) in [4.78, 5) is 19.5. The van der Waals surface area contributed by atoms with E-state index in [1.807, 2.05) is 0 Å². The molecule has 0 saturated carbocycles. The van der Waals surface area contributed by atoms with Crippen LogP contribution in [0, 0.1) is 22.9 Å². The molecule has 0 radical (unpaired) electrons. The molecule has 31 heavy (non-hydrogen) atoms. The van der Waals surface area contributed by atoms with Crippen molar-refractivity contribution in [2.24, 2.45) is 7.05 Å². The lowest BCUT2D eigenvalue weighted by atomic mass is 10.0. The number of anilines is 1. The van der Waals surface area contributed by atoms with Crippen LogP contribution >= 0.6 is 0 Å². The number of nitrogens with one attached hydrogen (secondary N) is 1. The van der Waals surface area contributed by atoms with Crippen molar-refractivity contribution in [1.29, 1.82) is 0 Å². The Hall–Kier alpha value is -4.21. The molecule has 4 rings (SSSR count). The monoisotopic (exact) mass is 419 g/mol. The number of rotatable bonds is 6. The summed E-state index contributed by atoms with van der Waals surface area (Å²) in [5.41, 5.74) is 2.86. The Morgan fingerprint density at radius 1 is 1.19 bits per heavy atom. The van der Waals surface area contributed by atoms with Crippen molar-refractivity contribution in [2.45, 2.75) is 13.0 Å². The van der Waals surface area contributed by atoms with Crippen molar-refractivity contribution in [2.75, 3.05) is 5.32 Å². The summed E-state index contributed by atoms with van der Waals surface area (Å²) in [5.74, 6) is -0.533. The first-order valence-electron chi connectivity index (χ1n) is 9.37. The fourth-order valence-corrected chi connectivity index (χ4v) is 3.44. The molecule has 4 aromatic rings.